The Morgan fingerprint density at radius 2 is 1.85 bits per heavy atom. The predicted molar refractivity (Wildman–Crippen MR) is 109 cm³/mol. The van der Waals surface area contributed by atoms with Crippen LogP contribution in [-0.2, 0) is 14.8 Å². The van der Waals surface area contributed by atoms with Gasteiger partial charge in [-0.15, -0.1) is 4.40 Å². The average Bonchev–Trinajstić information content (AvgIpc) is 3.05. The molecule has 0 bridgehead atoms. The SMILES string of the molecule is Cc1ccc(/C=C2/SC(=S)N(NC3=NS(=O)(=O)c4ccccc43)C2=O)cc1. The Labute approximate surface area is 166 Å². The Morgan fingerprint density at radius 3 is 2.59 bits per heavy atom. The number of hydrazine groups is 1. The zero-order valence-corrected chi connectivity index (χ0v) is 16.5. The number of carbonyl (C=O) groups is 1. The zero-order valence-electron chi connectivity index (χ0n) is 14.0. The van der Waals surface area contributed by atoms with Gasteiger partial charge in [0, 0.05) is 5.56 Å². The van der Waals surface area contributed by atoms with Crippen LogP contribution in [0.1, 0.15) is 16.7 Å². The summed E-state index contributed by atoms with van der Waals surface area (Å²) in [6.07, 6.45) is 1.75. The number of hydrogen-bond acceptors (Lipinski definition) is 6. The van der Waals surface area contributed by atoms with Crippen molar-refractivity contribution in [2.24, 2.45) is 4.40 Å². The fourth-order valence-electron chi connectivity index (χ4n) is 2.67. The Balaban J connectivity index is 1.62. The molecule has 1 amide bonds. The molecule has 2 aliphatic heterocycles. The van der Waals surface area contributed by atoms with Gasteiger partial charge in [-0.3, -0.25) is 10.2 Å². The van der Waals surface area contributed by atoms with E-state index >= 15 is 0 Å². The lowest BCUT2D eigenvalue weighted by Gasteiger charge is -2.16. The molecule has 2 aromatic rings. The van der Waals surface area contributed by atoms with E-state index in [4.69, 9.17) is 12.2 Å². The zero-order chi connectivity index (χ0) is 19.2. The number of amides is 1. The van der Waals surface area contributed by atoms with Gasteiger partial charge in [-0.1, -0.05) is 53.7 Å². The summed E-state index contributed by atoms with van der Waals surface area (Å²) in [4.78, 5) is 13.3. The molecular formula is C18H13N3O3S3. The molecule has 136 valence electrons. The highest BCUT2D eigenvalue weighted by atomic mass is 32.2. The molecule has 0 aromatic heterocycles. The highest BCUT2D eigenvalue weighted by Gasteiger charge is 2.36. The number of thioether (sulfide) groups is 1. The van der Waals surface area contributed by atoms with Crippen LogP contribution in [0, 0.1) is 6.92 Å². The number of amidine groups is 1. The third kappa shape index (κ3) is 3.29. The van der Waals surface area contributed by atoms with Crippen LogP contribution >= 0.6 is 24.0 Å². The monoisotopic (exact) mass is 415 g/mol. The lowest BCUT2D eigenvalue weighted by atomic mass is 10.1. The van der Waals surface area contributed by atoms with Crippen molar-refractivity contribution in [3.05, 3.63) is 70.1 Å². The van der Waals surface area contributed by atoms with E-state index in [1.54, 1.807) is 24.3 Å². The Hall–Kier alpha value is -2.49. The minimum Gasteiger partial charge on any atom is -0.272 e. The maximum Gasteiger partial charge on any atom is 0.285 e. The van der Waals surface area contributed by atoms with Crippen molar-refractivity contribution >= 4 is 56.1 Å². The quantitative estimate of drug-likeness (QED) is 0.600. The summed E-state index contributed by atoms with van der Waals surface area (Å²) in [6, 6.07) is 14.2. The van der Waals surface area contributed by atoms with Crippen molar-refractivity contribution in [1.82, 2.24) is 10.4 Å². The van der Waals surface area contributed by atoms with Gasteiger partial charge < -0.3 is 0 Å². The molecule has 2 aromatic carbocycles. The third-order valence-corrected chi connectivity index (χ3v) is 6.65. The second kappa shape index (κ2) is 6.59. The smallest absolute Gasteiger partial charge is 0.272 e. The van der Waals surface area contributed by atoms with E-state index in [0.29, 0.717) is 10.5 Å². The molecule has 6 nitrogen and oxygen atoms in total. The third-order valence-electron chi connectivity index (χ3n) is 4.02. The van der Waals surface area contributed by atoms with Crippen LogP contribution in [0.25, 0.3) is 6.08 Å². The summed E-state index contributed by atoms with van der Waals surface area (Å²) in [6.45, 7) is 1.99. The minimum absolute atomic E-state index is 0.0819. The number of aryl methyl sites for hydroxylation is 1. The molecule has 0 radical (unpaired) electrons. The van der Waals surface area contributed by atoms with Crippen molar-refractivity contribution in [2.45, 2.75) is 11.8 Å². The Morgan fingerprint density at radius 1 is 1.15 bits per heavy atom. The second-order valence-electron chi connectivity index (χ2n) is 5.95. The lowest BCUT2D eigenvalue weighted by Crippen LogP contribution is -2.44. The van der Waals surface area contributed by atoms with Crippen molar-refractivity contribution in [3.63, 3.8) is 0 Å². The standard InChI is InChI=1S/C18H13N3O3S3/c1-11-6-8-12(9-7-11)10-14-17(22)21(18(25)26-14)19-16-13-4-2-3-5-15(13)27(23,24)20-16/h2-10H,1H3,(H,19,20)/b14-10+. The lowest BCUT2D eigenvalue weighted by molar-refractivity contribution is -0.123. The highest BCUT2D eigenvalue weighted by molar-refractivity contribution is 8.26. The van der Waals surface area contributed by atoms with Crippen molar-refractivity contribution in [1.29, 1.82) is 0 Å². The molecule has 27 heavy (non-hydrogen) atoms. The van der Waals surface area contributed by atoms with Gasteiger partial charge in [0.25, 0.3) is 15.9 Å². The van der Waals surface area contributed by atoms with E-state index in [1.807, 2.05) is 31.2 Å². The molecule has 0 saturated carbocycles. The van der Waals surface area contributed by atoms with Crippen LogP contribution in [-0.4, -0.2) is 29.5 Å². The maximum atomic E-state index is 12.7. The van der Waals surface area contributed by atoms with Crippen LogP contribution in [0.4, 0.5) is 0 Å². The molecule has 0 aliphatic carbocycles. The van der Waals surface area contributed by atoms with Crippen LogP contribution in [0.5, 0.6) is 0 Å². The number of hydrogen-bond donors (Lipinski definition) is 1. The van der Waals surface area contributed by atoms with E-state index in [1.165, 1.54) is 6.07 Å². The summed E-state index contributed by atoms with van der Waals surface area (Å²) in [5.74, 6) is -0.270. The number of nitrogens with zero attached hydrogens (tertiary/aromatic N) is 2. The summed E-state index contributed by atoms with van der Waals surface area (Å²) in [5, 5.41) is 1.15. The molecule has 0 atom stereocenters. The number of thiocarbonyl (C=S) groups is 1. The molecule has 4 rings (SSSR count). The fourth-order valence-corrected chi connectivity index (χ4v) is 5.02. The molecule has 1 N–H and O–H groups in total. The van der Waals surface area contributed by atoms with Gasteiger partial charge in [-0.05, 0) is 42.9 Å². The van der Waals surface area contributed by atoms with Gasteiger partial charge in [-0.25, -0.2) is 0 Å². The normalized spacial score (nSPS) is 19.4. The van der Waals surface area contributed by atoms with E-state index < -0.39 is 10.0 Å². The van der Waals surface area contributed by atoms with Gasteiger partial charge in [0.15, 0.2) is 10.2 Å². The average molecular weight is 416 g/mol. The fraction of sp³-hybridized carbons (Fsp3) is 0.0556. The van der Waals surface area contributed by atoms with Crippen molar-refractivity contribution in [2.75, 3.05) is 0 Å². The number of fused-ring (bicyclic) bond motifs is 1. The van der Waals surface area contributed by atoms with E-state index in [0.717, 1.165) is 27.9 Å². The van der Waals surface area contributed by atoms with Gasteiger partial charge in [0.2, 0.25) is 0 Å². The number of benzene rings is 2. The number of sulfonamides is 1. The van der Waals surface area contributed by atoms with Crippen LogP contribution < -0.4 is 5.43 Å². The second-order valence-corrected chi connectivity index (χ2v) is 9.20. The van der Waals surface area contributed by atoms with Crippen molar-refractivity contribution < 1.29 is 13.2 Å². The van der Waals surface area contributed by atoms with Crippen LogP contribution in [0.2, 0.25) is 0 Å². The topological polar surface area (TPSA) is 78.8 Å². The molecule has 0 unspecified atom stereocenters. The first-order valence-corrected chi connectivity index (χ1v) is 10.6. The Kier molecular flexibility index (Phi) is 4.37. The molecule has 2 heterocycles. The first-order valence-electron chi connectivity index (χ1n) is 7.91. The van der Waals surface area contributed by atoms with Crippen LogP contribution in [0.3, 0.4) is 0 Å². The summed E-state index contributed by atoms with van der Waals surface area (Å²) < 4.78 is 28.3. The van der Waals surface area contributed by atoms with Gasteiger partial charge in [0.05, 0.1) is 4.91 Å². The molecule has 9 heteroatoms. The molecule has 0 spiro atoms. The molecule has 2 aliphatic rings. The first-order chi connectivity index (χ1) is 12.8. The predicted octanol–water partition coefficient (Wildman–Crippen LogP) is 2.85. The van der Waals surface area contributed by atoms with E-state index in [9.17, 15) is 13.2 Å². The minimum atomic E-state index is -3.77. The van der Waals surface area contributed by atoms with E-state index in [-0.39, 0.29) is 21.0 Å². The summed E-state index contributed by atoms with van der Waals surface area (Å²) in [7, 11) is -3.77. The number of rotatable bonds is 2. The molecule has 1 fully saturated rings. The summed E-state index contributed by atoms with van der Waals surface area (Å²) >= 11 is 6.43. The number of carbonyl (C=O) groups excluding carboxylic acids is 1. The maximum absolute atomic E-state index is 12.7. The summed E-state index contributed by atoms with van der Waals surface area (Å²) in [5.41, 5.74) is 5.18. The van der Waals surface area contributed by atoms with Gasteiger partial charge in [-0.2, -0.15) is 13.4 Å². The molecular weight excluding hydrogens is 402 g/mol. The first kappa shape index (κ1) is 17.9. The number of nitrogens with one attached hydrogen (secondary N) is 1. The highest BCUT2D eigenvalue weighted by Crippen LogP contribution is 2.32. The van der Waals surface area contributed by atoms with Gasteiger partial charge in [0.1, 0.15) is 4.90 Å². The van der Waals surface area contributed by atoms with Crippen molar-refractivity contribution in [3.8, 4) is 0 Å². The Bertz CT molecular complexity index is 1140. The van der Waals surface area contributed by atoms with E-state index in [2.05, 4.69) is 9.82 Å². The molecule has 1 saturated heterocycles. The largest absolute Gasteiger partial charge is 0.285 e. The van der Waals surface area contributed by atoms with Crippen LogP contribution in [0.15, 0.2) is 62.7 Å². The van der Waals surface area contributed by atoms with Gasteiger partial charge >= 0.3 is 0 Å².